The lowest BCUT2D eigenvalue weighted by atomic mass is 9.65. The van der Waals surface area contributed by atoms with E-state index in [0.717, 1.165) is 36.0 Å². The molecule has 1 aromatic rings. The highest BCUT2D eigenvalue weighted by Crippen LogP contribution is 2.50. The molecule has 0 aliphatic heterocycles. The molecule has 0 heteroatoms. The van der Waals surface area contributed by atoms with E-state index in [4.69, 9.17) is 13.0 Å². The zero-order chi connectivity index (χ0) is 21.3. The van der Waals surface area contributed by atoms with Gasteiger partial charge >= 0.3 is 0 Å². The summed E-state index contributed by atoms with van der Waals surface area (Å²) in [7, 11) is 0. The van der Waals surface area contributed by atoms with Crippen molar-refractivity contribution >= 4 is 0 Å². The number of terminal acetylenes is 1. The summed E-state index contributed by atoms with van der Waals surface area (Å²) in [6, 6.07) is 4.40. The summed E-state index contributed by atoms with van der Waals surface area (Å²) in [5.74, 6) is 2.62. The zero-order valence-corrected chi connectivity index (χ0v) is 18.2. The monoisotopic (exact) mass is 379 g/mol. The molecule has 3 radical (unpaired) electrons. The Morgan fingerprint density at radius 2 is 2.00 bits per heavy atom. The highest BCUT2D eigenvalue weighted by atomic mass is 14.4. The maximum Gasteiger partial charge on any atom is 0.0313 e. The smallest absolute Gasteiger partial charge is 0.0313 e. The summed E-state index contributed by atoms with van der Waals surface area (Å²) >= 11 is 0. The first-order valence-electron chi connectivity index (χ1n) is 10.3. The summed E-state index contributed by atoms with van der Waals surface area (Å²) in [6.45, 7) is 24.4. The van der Waals surface area contributed by atoms with Crippen molar-refractivity contribution in [3.63, 3.8) is 0 Å². The van der Waals surface area contributed by atoms with Gasteiger partial charge in [0.05, 0.1) is 0 Å². The molecule has 1 atom stereocenters. The number of aryl methyl sites for hydroxylation is 1. The molecule has 0 amide bonds. The van der Waals surface area contributed by atoms with Gasteiger partial charge in [0.25, 0.3) is 0 Å². The minimum absolute atomic E-state index is 0.0448. The average Bonchev–Trinajstić information content (AvgIpc) is 2.63. The number of rotatable bonds is 2. The topological polar surface area (TPSA) is 0 Å². The summed E-state index contributed by atoms with van der Waals surface area (Å²) < 4.78 is 0. The summed E-state index contributed by atoms with van der Waals surface area (Å²) in [6.07, 6.45) is 16.4. The molecule has 0 aromatic heterocycles. The SMILES string of the molecule is [CH]=C1CC(C)(C)CC2=C1C(/C(C)=C([CH2])/C=C\C#C)c1c(ccc(C)c1[CH2])C/C=C/2. The third-order valence-corrected chi connectivity index (χ3v) is 6.27. The van der Waals surface area contributed by atoms with Gasteiger partial charge in [-0.25, -0.2) is 0 Å². The van der Waals surface area contributed by atoms with Gasteiger partial charge in [0.1, 0.15) is 0 Å². The van der Waals surface area contributed by atoms with E-state index in [0.29, 0.717) is 0 Å². The van der Waals surface area contributed by atoms with Crippen molar-refractivity contribution in [3.8, 4) is 12.3 Å². The molecule has 0 spiro atoms. The molecular weight excluding hydrogens is 348 g/mol. The van der Waals surface area contributed by atoms with E-state index in [-0.39, 0.29) is 11.3 Å². The Bertz CT molecular complexity index is 1010. The van der Waals surface area contributed by atoms with Crippen molar-refractivity contribution in [1.29, 1.82) is 0 Å². The van der Waals surface area contributed by atoms with Crippen LogP contribution >= 0.6 is 0 Å². The van der Waals surface area contributed by atoms with Crippen LogP contribution in [-0.2, 0) is 6.42 Å². The summed E-state index contributed by atoms with van der Waals surface area (Å²) in [5.41, 5.74) is 10.7. The number of hydrogen-bond donors (Lipinski definition) is 0. The van der Waals surface area contributed by atoms with Gasteiger partial charge in [-0.3, -0.25) is 0 Å². The van der Waals surface area contributed by atoms with Crippen LogP contribution in [-0.4, -0.2) is 0 Å². The lowest BCUT2D eigenvalue weighted by Crippen LogP contribution is -2.24. The molecular formula is C29H31. The van der Waals surface area contributed by atoms with Crippen LogP contribution in [0.2, 0.25) is 0 Å². The average molecular weight is 380 g/mol. The van der Waals surface area contributed by atoms with E-state index in [1.807, 2.05) is 6.08 Å². The molecule has 0 N–H and O–H groups in total. The predicted molar refractivity (Wildman–Crippen MR) is 125 cm³/mol. The van der Waals surface area contributed by atoms with Crippen LogP contribution in [0.1, 0.15) is 61.8 Å². The standard InChI is InChI=1S/C29H31/c1-9-10-12-19(2)23(6)28-26-21(4)17-29(7,8)18-25(26)14-11-13-24-16-15-20(3)22(5)27(24)28/h1,4,10-12,14-16,28H,2,5,13,17-18H2,3,6-8H3/b12-10-,14-11+,21-4?,23-19+. The predicted octanol–water partition coefficient (Wildman–Crippen LogP) is 7.19. The maximum atomic E-state index is 6.77. The zero-order valence-electron chi connectivity index (χ0n) is 18.2. The first-order valence-corrected chi connectivity index (χ1v) is 10.3. The van der Waals surface area contributed by atoms with Gasteiger partial charge in [-0.2, -0.15) is 0 Å². The Kier molecular flexibility index (Phi) is 5.90. The van der Waals surface area contributed by atoms with E-state index in [9.17, 15) is 0 Å². The van der Waals surface area contributed by atoms with Gasteiger partial charge in [-0.15, -0.1) is 6.42 Å². The molecule has 0 saturated carbocycles. The van der Waals surface area contributed by atoms with Crippen molar-refractivity contribution in [3.05, 3.63) is 107 Å². The largest absolute Gasteiger partial charge is 0.115 e. The molecule has 2 aliphatic rings. The normalized spacial score (nSPS) is 22.9. The van der Waals surface area contributed by atoms with Crippen molar-refractivity contribution < 1.29 is 0 Å². The second-order valence-electron chi connectivity index (χ2n) is 9.16. The first-order chi connectivity index (χ1) is 13.7. The van der Waals surface area contributed by atoms with Crippen LogP contribution < -0.4 is 0 Å². The fourth-order valence-electron chi connectivity index (χ4n) is 4.74. The van der Waals surface area contributed by atoms with Gasteiger partial charge in [-0.1, -0.05) is 62.3 Å². The highest BCUT2D eigenvalue weighted by molar-refractivity contribution is 5.61. The van der Waals surface area contributed by atoms with E-state index in [1.165, 1.54) is 33.4 Å². The Labute approximate surface area is 177 Å². The van der Waals surface area contributed by atoms with Crippen molar-refractivity contribution in [1.82, 2.24) is 0 Å². The van der Waals surface area contributed by atoms with E-state index >= 15 is 0 Å². The summed E-state index contributed by atoms with van der Waals surface area (Å²) in [5, 5.41) is 0. The Balaban J connectivity index is 2.37. The summed E-state index contributed by atoms with van der Waals surface area (Å²) in [4.78, 5) is 0. The first kappa shape index (κ1) is 21.2. The van der Waals surface area contributed by atoms with Gasteiger partial charge in [0, 0.05) is 5.92 Å². The maximum absolute atomic E-state index is 6.77. The van der Waals surface area contributed by atoms with Gasteiger partial charge in [0.2, 0.25) is 0 Å². The van der Waals surface area contributed by atoms with Crippen molar-refractivity contribution in [2.24, 2.45) is 5.41 Å². The quantitative estimate of drug-likeness (QED) is 0.377. The third-order valence-electron chi connectivity index (χ3n) is 6.27. The molecule has 147 valence electrons. The van der Waals surface area contributed by atoms with Crippen LogP contribution in [0.25, 0.3) is 0 Å². The van der Waals surface area contributed by atoms with Crippen LogP contribution in [0.15, 0.2) is 64.3 Å². The number of fused-ring (bicyclic) bond motifs is 1. The number of hydrogen-bond acceptors (Lipinski definition) is 0. The molecule has 0 nitrogen and oxygen atoms in total. The minimum atomic E-state index is 0.0448. The molecule has 1 unspecified atom stereocenters. The Morgan fingerprint density at radius 3 is 2.69 bits per heavy atom. The third kappa shape index (κ3) is 4.11. The van der Waals surface area contributed by atoms with E-state index in [1.54, 1.807) is 6.08 Å². The molecule has 2 aliphatic carbocycles. The van der Waals surface area contributed by atoms with Crippen molar-refractivity contribution in [2.45, 2.75) is 52.9 Å². The number of allylic oxidation sites excluding steroid dienone is 9. The van der Waals surface area contributed by atoms with Gasteiger partial charge < -0.3 is 0 Å². The molecule has 0 bridgehead atoms. The van der Waals surface area contributed by atoms with Crippen LogP contribution in [0.5, 0.6) is 0 Å². The lowest BCUT2D eigenvalue weighted by Gasteiger charge is -2.39. The molecule has 0 heterocycles. The minimum Gasteiger partial charge on any atom is -0.115 e. The van der Waals surface area contributed by atoms with Gasteiger partial charge in [0.15, 0.2) is 0 Å². The van der Waals surface area contributed by atoms with Crippen molar-refractivity contribution in [2.75, 3.05) is 0 Å². The second-order valence-corrected chi connectivity index (χ2v) is 9.16. The Hall–Kier alpha value is -2.52. The number of benzene rings is 1. The lowest BCUT2D eigenvalue weighted by molar-refractivity contribution is 0.348. The Morgan fingerprint density at radius 1 is 1.28 bits per heavy atom. The fraction of sp³-hybridized carbons (Fsp3) is 0.310. The molecule has 0 saturated heterocycles. The van der Waals surface area contributed by atoms with E-state index < -0.39 is 0 Å². The van der Waals surface area contributed by atoms with Gasteiger partial charge in [-0.05, 0) is 103 Å². The van der Waals surface area contributed by atoms with E-state index in [2.05, 4.69) is 71.7 Å². The fourth-order valence-corrected chi connectivity index (χ4v) is 4.74. The molecule has 29 heavy (non-hydrogen) atoms. The molecule has 1 aromatic carbocycles. The molecule has 0 fully saturated rings. The second kappa shape index (κ2) is 8.08. The van der Waals surface area contributed by atoms with Crippen LogP contribution in [0.3, 0.4) is 0 Å². The van der Waals surface area contributed by atoms with Crippen LogP contribution in [0, 0.1) is 45.1 Å². The highest BCUT2D eigenvalue weighted by Gasteiger charge is 2.35. The van der Waals surface area contributed by atoms with Crippen LogP contribution in [0.4, 0.5) is 0 Å². The molecule has 3 rings (SSSR count).